The summed E-state index contributed by atoms with van der Waals surface area (Å²) in [5, 5.41) is 4.80. The van der Waals surface area contributed by atoms with Crippen LogP contribution in [0.5, 0.6) is 11.5 Å². The first kappa shape index (κ1) is 22.8. The summed E-state index contributed by atoms with van der Waals surface area (Å²) in [6.07, 6.45) is 1.58. The lowest BCUT2D eigenvalue weighted by Gasteiger charge is -2.13. The molecule has 160 valence electrons. The van der Waals surface area contributed by atoms with Crippen LogP contribution in [0.15, 0.2) is 64.2 Å². The number of amides is 1. The molecule has 0 radical (unpaired) electrons. The van der Waals surface area contributed by atoms with Crippen LogP contribution in [0.1, 0.15) is 32.6 Å². The molecule has 0 saturated heterocycles. The predicted molar refractivity (Wildman–Crippen MR) is 127 cm³/mol. The molecule has 0 aliphatic rings. The van der Waals surface area contributed by atoms with Crippen molar-refractivity contribution in [2.75, 3.05) is 7.11 Å². The van der Waals surface area contributed by atoms with E-state index in [9.17, 15) is 4.79 Å². The Hall–Kier alpha value is -2.83. The largest absolute Gasteiger partial charge is 0.496 e. The van der Waals surface area contributed by atoms with Crippen LogP contribution in [0.3, 0.4) is 0 Å². The maximum atomic E-state index is 12.2. The first-order valence-corrected chi connectivity index (χ1v) is 10.7. The number of carbonyl (C=O) groups excluding carboxylic acids is 1. The van der Waals surface area contributed by atoms with E-state index in [1.165, 1.54) is 0 Å². The van der Waals surface area contributed by atoms with Crippen LogP contribution < -0.4 is 14.9 Å². The number of benzene rings is 3. The zero-order valence-electron chi connectivity index (χ0n) is 17.4. The van der Waals surface area contributed by atoms with Crippen molar-refractivity contribution < 1.29 is 14.3 Å². The van der Waals surface area contributed by atoms with Crippen LogP contribution in [0.25, 0.3) is 0 Å². The zero-order chi connectivity index (χ0) is 22.4. The monoisotopic (exact) mass is 500 g/mol. The number of nitrogens with one attached hydrogen (secondary N) is 1. The van der Waals surface area contributed by atoms with Crippen LogP contribution in [0.4, 0.5) is 0 Å². The van der Waals surface area contributed by atoms with E-state index in [1.54, 1.807) is 31.5 Å². The normalized spacial score (nSPS) is 10.9. The van der Waals surface area contributed by atoms with E-state index < -0.39 is 0 Å². The molecule has 5 nitrogen and oxygen atoms in total. The highest BCUT2D eigenvalue weighted by atomic mass is 79.9. The summed E-state index contributed by atoms with van der Waals surface area (Å²) in [6, 6.07) is 16.5. The highest BCUT2D eigenvalue weighted by molar-refractivity contribution is 9.10. The predicted octanol–water partition coefficient (Wildman–Crippen LogP) is 6.07. The summed E-state index contributed by atoms with van der Waals surface area (Å²) in [5.74, 6) is 1.16. The van der Waals surface area contributed by atoms with E-state index >= 15 is 0 Å². The lowest BCUT2D eigenvalue weighted by atomic mass is 10.1. The van der Waals surface area contributed by atoms with Crippen molar-refractivity contribution in [2.45, 2.75) is 20.5 Å². The van der Waals surface area contributed by atoms with Crippen LogP contribution in [-0.4, -0.2) is 19.2 Å². The molecule has 0 spiro atoms. The smallest absolute Gasteiger partial charge is 0.271 e. The summed E-state index contributed by atoms with van der Waals surface area (Å²) in [4.78, 5) is 12.2. The number of aryl methyl sites for hydroxylation is 2. The quantitative estimate of drug-likeness (QED) is 0.316. The number of halogens is 2. The number of hydrogen-bond acceptors (Lipinski definition) is 4. The lowest BCUT2D eigenvalue weighted by molar-refractivity contribution is 0.0955. The number of hydrazone groups is 1. The first-order chi connectivity index (χ1) is 14.9. The number of ether oxygens (including phenoxy) is 2. The molecule has 0 aliphatic heterocycles. The second-order valence-corrected chi connectivity index (χ2v) is 8.23. The van der Waals surface area contributed by atoms with Gasteiger partial charge in [-0.1, -0.05) is 33.6 Å². The summed E-state index contributed by atoms with van der Waals surface area (Å²) >= 11 is 9.58. The van der Waals surface area contributed by atoms with Crippen molar-refractivity contribution in [3.05, 3.63) is 91.9 Å². The van der Waals surface area contributed by atoms with Crippen molar-refractivity contribution in [3.8, 4) is 11.5 Å². The SMILES string of the molecule is COc1ccc(/C=N\NC(=O)c2cccc(Br)c2)cc1COc1cc(C)c(Cl)c(C)c1. The molecule has 7 heteroatoms. The van der Waals surface area contributed by atoms with Crippen LogP contribution >= 0.6 is 27.5 Å². The van der Waals surface area contributed by atoms with Gasteiger partial charge in [0.1, 0.15) is 18.1 Å². The average Bonchev–Trinajstić information content (AvgIpc) is 2.76. The topological polar surface area (TPSA) is 59.9 Å². The molecule has 0 atom stereocenters. The molecule has 0 heterocycles. The third-order valence-electron chi connectivity index (χ3n) is 4.58. The molecule has 3 aromatic carbocycles. The van der Waals surface area contributed by atoms with Crippen molar-refractivity contribution >= 4 is 39.7 Å². The van der Waals surface area contributed by atoms with Gasteiger partial charge in [0.2, 0.25) is 0 Å². The van der Waals surface area contributed by atoms with Gasteiger partial charge in [0.05, 0.1) is 13.3 Å². The standard InChI is InChI=1S/C24H22BrClN2O3/c1-15-9-21(10-16(2)23(15)26)31-14-19-11-17(7-8-22(19)30-3)13-27-28-24(29)18-5-4-6-20(25)12-18/h4-13H,14H2,1-3H3,(H,28,29)/b27-13-. The third kappa shape index (κ3) is 6.09. The van der Waals surface area contributed by atoms with Gasteiger partial charge in [-0.2, -0.15) is 5.10 Å². The Kier molecular flexibility index (Phi) is 7.71. The maximum absolute atomic E-state index is 12.2. The fourth-order valence-corrected chi connectivity index (χ4v) is 3.51. The van der Waals surface area contributed by atoms with E-state index in [4.69, 9.17) is 21.1 Å². The second-order valence-electron chi connectivity index (χ2n) is 6.94. The van der Waals surface area contributed by atoms with Crippen molar-refractivity contribution in [3.63, 3.8) is 0 Å². The van der Waals surface area contributed by atoms with Crippen LogP contribution in [0, 0.1) is 13.8 Å². The highest BCUT2D eigenvalue weighted by Crippen LogP contribution is 2.27. The average molecular weight is 502 g/mol. The Bertz CT molecular complexity index is 1110. The van der Waals surface area contributed by atoms with E-state index in [0.29, 0.717) is 17.9 Å². The van der Waals surface area contributed by atoms with Gasteiger partial charge < -0.3 is 9.47 Å². The molecule has 0 fully saturated rings. The van der Waals surface area contributed by atoms with Gasteiger partial charge >= 0.3 is 0 Å². The molecule has 3 rings (SSSR count). The zero-order valence-corrected chi connectivity index (χ0v) is 19.8. The van der Waals surface area contributed by atoms with Crippen molar-refractivity contribution in [1.82, 2.24) is 5.43 Å². The van der Waals surface area contributed by atoms with E-state index in [0.717, 1.165) is 37.5 Å². The minimum Gasteiger partial charge on any atom is -0.496 e. The number of nitrogens with zero attached hydrogens (tertiary/aromatic N) is 1. The van der Waals surface area contributed by atoms with Gasteiger partial charge in [0, 0.05) is 20.6 Å². The van der Waals surface area contributed by atoms with Gasteiger partial charge in [-0.3, -0.25) is 4.79 Å². The van der Waals surface area contributed by atoms with E-state index in [-0.39, 0.29) is 5.91 Å². The van der Waals surface area contributed by atoms with Crippen LogP contribution in [0.2, 0.25) is 5.02 Å². The van der Waals surface area contributed by atoms with Crippen LogP contribution in [-0.2, 0) is 6.61 Å². The summed E-state index contributed by atoms with van der Waals surface area (Å²) in [5.41, 5.74) is 6.64. The third-order valence-corrected chi connectivity index (χ3v) is 5.66. The molecule has 0 aromatic heterocycles. The van der Waals surface area contributed by atoms with E-state index in [1.807, 2.05) is 50.2 Å². The Morgan fingerprint density at radius 3 is 2.55 bits per heavy atom. The van der Waals surface area contributed by atoms with E-state index in [2.05, 4.69) is 26.5 Å². The number of methoxy groups -OCH3 is 1. The van der Waals surface area contributed by atoms with Crippen molar-refractivity contribution in [2.24, 2.45) is 5.10 Å². The molecule has 0 saturated carbocycles. The molecular formula is C24H22BrClN2O3. The highest BCUT2D eigenvalue weighted by Gasteiger charge is 2.08. The molecule has 0 unspecified atom stereocenters. The fourth-order valence-electron chi connectivity index (χ4n) is 3.00. The molecule has 1 N–H and O–H groups in total. The number of hydrogen-bond donors (Lipinski definition) is 1. The second kappa shape index (κ2) is 10.5. The Morgan fingerprint density at radius 1 is 1.13 bits per heavy atom. The van der Waals surface area contributed by atoms with Gasteiger partial charge in [-0.05, 0) is 79.1 Å². The number of carbonyl (C=O) groups is 1. The van der Waals surface area contributed by atoms with Crippen molar-refractivity contribution in [1.29, 1.82) is 0 Å². The molecule has 31 heavy (non-hydrogen) atoms. The molecule has 0 bridgehead atoms. The van der Waals surface area contributed by atoms with Gasteiger partial charge in [0.15, 0.2) is 0 Å². The maximum Gasteiger partial charge on any atom is 0.271 e. The molecular weight excluding hydrogens is 480 g/mol. The molecule has 3 aromatic rings. The summed E-state index contributed by atoms with van der Waals surface area (Å²) in [7, 11) is 1.61. The van der Waals surface area contributed by atoms with Gasteiger partial charge in [-0.15, -0.1) is 0 Å². The Labute approximate surface area is 195 Å². The summed E-state index contributed by atoms with van der Waals surface area (Å²) in [6.45, 7) is 4.21. The minimum atomic E-state index is -0.289. The lowest BCUT2D eigenvalue weighted by Crippen LogP contribution is -2.17. The molecule has 0 aliphatic carbocycles. The summed E-state index contributed by atoms with van der Waals surface area (Å²) < 4.78 is 12.2. The minimum absolute atomic E-state index is 0.289. The Morgan fingerprint density at radius 2 is 1.87 bits per heavy atom. The molecule has 1 amide bonds. The fraction of sp³-hybridized carbons (Fsp3) is 0.167. The van der Waals surface area contributed by atoms with Gasteiger partial charge in [-0.25, -0.2) is 5.43 Å². The first-order valence-electron chi connectivity index (χ1n) is 9.53. The number of rotatable bonds is 7. The van der Waals surface area contributed by atoms with Gasteiger partial charge in [0.25, 0.3) is 5.91 Å². The Balaban J connectivity index is 1.70.